The monoisotopic (exact) mass is 344 g/mol. The van der Waals surface area contributed by atoms with Gasteiger partial charge in [0, 0.05) is 30.4 Å². The number of nitrogens with two attached hydrogens (primary N) is 1. The van der Waals surface area contributed by atoms with Gasteiger partial charge < -0.3 is 16.0 Å². The number of anilines is 2. The Morgan fingerprint density at radius 2 is 1.88 bits per heavy atom. The highest BCUT2D eigenvalue weighted by Gasteiger charge is 2.19. The molecule has 7 heteroatoms. The molecule has 124 valence electrons. The molecule has 1 aliphatic heterocycles. The Bertz CT molecular complexity index is 788. The topological polar surface area (TPSA) is 88.3 Å². The first kappa shape index (κ1) is 16.3. The van der Waals surface area contributed by atoms with Crippen LogP contribution in [0.2, 0.25) is 5.15 Å². The standard InChI is InChI=1S/C17H17ClN4O2/c18-15-10-12(5-6-20-15)17(24)21-13-9-11(16(19)23)3-4-14(13)22-7-1-2-8-22/h3-6,9-10H,1-2,7-8H2,(H2,19,23)(H,21,24). The molecular weight excluding hydrogens is 328 g/mol. The molecule has 0 unspecified atom stereocenters. The number of carbonyl (C=O) groups excluding carboxylic acids is 2. The summed E-state index contributed by atoms with van der Waals surface area (Å²) >= 11 is 5.83. The zero-order valence-electron chi connectivity index (χ0n) is 13.0. The summed E-state index contributed by atoms with van der Waals surface area (Å²) in [5, 5.41) is 3.10. The molecule has 6 nitrogen and oxygen atoms in total. The lowest BCUT2D eigenvalue weighted by molar-refractivity contribution is 0.0996. The number of primary amides is 1. The summed E-state index contributed by atoms with van der Waals surface area (Å²) in [5.41, 5.74) is 7.54. The molecule has 0 saturated carbocycles. The largest absolute Gasteiger partial charge is 0.370 e. The number of benzene rings is 1. The van der Waals surface area contributed by atoms with E-state index < -0.39 is 5.91 Å². The smallest absolute Gasteiger partial charge is 0.255 e. The van der Waals surface area contributed by atoms with E-state index in [0.717, 1.165) is 31.6 Å². The summed E-state index contributed by atoms with van der Waals surface area (Å²) in [5.74, 6) is -0.855. The van der Waals surface area contributed by atoms with E-state index in [9.17, 15) is 9.59 Å². The van der Waals surface area contributed by atoms with Crippen LogP contribution in [0.4, 0.5) is 11.4 Å². The van der Waals surface area contributed by atoms with Crippen LogP contribution >= 0.6 is 11.6 Å². The maximum atomic E-state index is 12.5. The Kier molecular flexibility index (Phi) is 4.66. The summed E-state index contributed by atoms with van der Waals surface area (Å²) in [4.78, 5) is 30.0. The van der Waals surface area contributed by atoms with E-state index >= 15 is 0 Å². The number of carbonyl (C=O) groups is 2. The van der Waals surface area contributed by atoms with Crippen LogP contribution in [0.1, 0.15) is 33.6 Å². The van der Waals surface area contributed by atoms with Gasteiger partial charge in [0.25, 0.3) is 5.91 Å². The maximum Gasteiger partial charge on any atom is 0.255 e. The van der Waals surface area contributed by atoms with Gasteiger partial charge in [-0.3, -0.25) is 9.59 Å². The molecule has 3 N–H and O–H groups in total. The third-order valence-electron chi connectivity index (χ3n) is 3.96. The molecule has 0 radical (unpaired) electrons. The Morgan fingerprint density at radius 3 is 2.54 bits per heavy atom. The fraction of sp³-hybridized carbons (Fsp3) is 0.235. The second kappa shape index (κ2) is 6.88. The van der Waals surface area contributed by atoms with Crippen LogP contribution in [0.25, 0.3) is 0 Å². The first-order valence-electron chi connectivity index (χ1n) is 7.66. The van der Waals surface area contributed by atoms with Gasteiger partial charge in [-0.05, 0) is 43.2 Å². The van der Waals surface area contributed by atoms with Crippen molar-refractivity contribution >= 4 is 34.8 Å². The van der Waals surface area contributed by atoms with Gasteiger partial charge in [-0.15, -0.1) is 0 Å². The Hall–Kier alpha value is -2.60. The summed E-state index contributed by atoms with van der Waals surface area (Å²) in [6.07, 6.45) is 3.67. The van der Waals surface area contributed by atoms with E-state index in [2.05, 4.69) is 15.2 Å². The van der Waals surface area contributed by atoms with Gasteiger partial charge in [0.15, 0.2) is 0 Å². The number of nitrogens with zero attached hydrogens (tertiary/aromatic N) is 2. The van der Waals surface area contributed by atoms with Crippen molar-refractivity contribution in [3.63, 3.8) is 0 Å². The number of nitrogens with one attached hydrogen (secondary N) is 1. The number of pyridine rings is 1. The highest BCUT2D eigenvalue weighted by atomic mass is 35.5. The van der Waals surface area contributed by atoms with Crippen molar-refractivity contribution in [1.29, 1.82) is 0 Å². The van der Waals surface area contributed by atoms with Crippen molar-refractivity contribution in [3.05, 3.63) is 52.8 Å². The fourth-order valence-electron chi connectivity index (χ4n) is 2.76. The summed E-state index contributed by atoms with van der Waals surface area (Å²) in [7, 11) is 0. The van der Waals surface area contributed by atoms with Gasteiger partial charge in [-0.2, -0.15) is 0 Å². The van der Waals surface area contributed by atoms with Crippen molar-refractivity contribution < 1.29 is 9.59 Å². The molecule has 0 atom stereocenters. The quantitative estimate of drug-likeness (QED) is 0.835. The maximum absolute atomic E-state index is 12.5. The molecule has 0 spiro atoms. The minimum atomic E-state index is -0.537. The van der Waals surface area contributed by atoms with Gasteiger partial charge >= 0.3 is 0 Å². The summed E-state index contributed by atoms with van der Waals surface area (Å²) in [6.45, 7) is 1.83. The fourth-order valence-corrected chi connectivity index (χ4v) is 2.94. The minimum absolute atomic E-state index is 0.244. The molecule has 1 fully saturated rings. The van der Waals surface area contributed by atoms with Gasteiger partial charge in [0.1, 0.15) is 5.15 Å². The summed E-state index contributed by atoms with van der Waals surface area (Å²) in [6, 6.07) is 8.17. The lowest BCUT2D eigenvalue weighted by atomic mass is 10.1. The van der Waals surface area contributed by atoms with Crippen LogP contribution in [-0.2, 0) is 0 Å². The molecule has 1 aromatic heterocycles. The molecule has 1 aliphatic rings. The highest BCUT2D eigenvalue weighted by molar-refractivity contribution is 6.29. The predicted octanol–water partition coefficient (Wildman–Crippen LogP) is 2.69. The van der Waals surface area contributed by atoms with Gasteiger partial charge in [-0.25, -0.2) is 4.98 Å². The van der Waals surface area contributed by atoms with E-state index in [4.69, 9.17) is 17.3 Å². The average molecular weight is 345 g/mol. The van der Waals surface area contributed by atoms with E-state index in [1.165, 1.54) is 12.3 Å². The highest BCUT2D eigenvalue weighted by Crippen LogP contribution is 2.30. The number of amides is 2. The molecule has 0 aliphatic carbocycles. The number of rotatable bonds is 4. The first-order chi connectivity index (χ1) is 11.5. The molecule has 0 bridgehead atoms. The third kappa shape index (κ3) is 3.49. The van der Waals surface area contributed by atoms with Gasteiger partial charge in [0.05, 0.1) is 11.4 Å². The second-order valence-electron chi connectivity index (χ2n) is 5.61. The molecular formula is C17H17ClN4O2. The van der Waals surface area contributed by atoms with Crippen molar-refractivity contribution in [2.24, 2.45) is 5.73 Å². The van der Waals surface area contributed by atoms with Crippen molar-refractivity contribution in [2.75, 3.05) is 23.3 Å². The molecule has 1 aromatic carbocycles. The van der Waals surface area contributed by atoms with Gasteiger partial charge in [-0.1, -0.05) is 11.6 Å². The van der Waals surface area contributed by atoms with Crippen LogP contribution in [-0.4, -0.2) is 29.9 Å². The third-order valence-corrected chi connectivity index (χ3v) is 4.17. The number of aromatic nitrogens is 1. The van der Waals surface area contributed by atoms with Crippen LogP contribution < -0.4 is 16.0 Å². The minimum Gasteiger partial charge on any atom is -0.370 e. The van der Waals surface area contributed by atoms with Crippen LogP contribution in [0.5, 0.6) is 0 Å². The summed E-state index contributed by atoms with van der Waals surface area (Å²) < 4.78 is 0. The number of hydrogen-bond donors (Lipinski definition) is 2. The Balaban J connectivity index is 1.93. The normalized spacial score (nSPS) is 13.8. The Morgan fingerprint density at radius 1 is 1.12 bits per heavy atom. The molecule has 3 rings (SSSR count). The second-order valence-corrected chi connectivity index (χ2v) is 6.00. The molecule has 2 amide bonds. The van der Waals surface area contributed by atoms with Crippen molar-refractivity contribution in [2.45, 2.75) is 12.8 Å². The molecule has 24 heavy (non-hydrogen) atoms. The molecule has 1 saturated heterocycles. The molecule has 2 heterocycles. The number of hydrogen-bond acceptors (Lipinski definition) is 4. The molecule has 2 aromatic rings. The van der Waals surface area contributed by atoms with Crippen LogP contribution in [0, 0.1) is 0 Å². The SMILES string of the molecule is NC(=O)c1ccc(N2CCCC2)c(NC(=O)c2ccnc(Cl)c2)c1. The van der Waals surface area contributed by atoms with E-state index in [-0.39, 0.29) is 11.1 Å². The first-order valence-corrected chi connectivity index (χ1v) is 8.04. The van der Waals surface area contributed by atoms with E-state index in [1.54, 1.807) is 18.2 Å². The number of halogens is 1. The predicted molar refractivity (Wildman–Crippen MR) is 93.6 cm³/mol. The Labute approximate surface area is 144 Å². The van der Waals surface area contributed by atoms with Crippen molar-refractivity contribution in [1.82, 2.24) is 4.98 Å². The van der Waals surface area contributed by atoms with Gasteiger partial charge in [0.2, 0.25) is 5.91 Å². The van der Waals surface area contributed by atoms with Crippen LogP contribution in [0.3, 0.4) is 0 Å². The lowest BCUT2D eigenvalue weighted by Gasteiger charge is -2.22. The van der Waals surface area contributed by atoms with Crippen molar-refractivity contribution in [3.8, 4) is 0 Å². The zero-order chi connectivity index (χ0) is 17.1. The average Bonchev–Trinajstić information content (AvgIpc) is 3.09. The lowest BCUT2D eigenvalue weighted by Crippen LogP contribution is -2.22. The van der Waals surface area contributed by atoms with E-state index in [1.807, 2.05) is 6.07 Å². The zero-order valence-corrected chi connectivity index (χ0v) is 13.7. The van der Waals surface area contributed by atoms with Crippen LogP contribution in [0.15, 0.2) is 36.5 Å². The van der Waals surface area contributed by atoms with E-state index in [0.29, 0.717) is 16.8 Å².